The van der Waals surface area contributed by atoms with E-state index in [-0.39, 0.29) is 77.3 Å². The second-order valence-corrected chi connectivity index (χ2v) is 10.2. The average Bonchev–Trinajstić information content (AvgIpc) is 3.60. The number of aromatic carboxylic acids is 1. The zero-order valence-electron chi connectivity index (χ0n) is 22.9. The van der Waals surface area contributed by atoms with Crippen LogP contribution in [0.2, 0.25) is 0 Å². The van der Waals surface area contributed by atoms with E-state index < -0.39 is 23.4 Å². The summed E-state index contributed by atoms with van der Waals surface area (Å²) < 4.78 is 52.5. The largest absolute Gasteiger partial charge is 0.478 e. The number of halogens is 3. The number of carboxylic acid groups (broad SMARTS) is 1. The van der Waals surface area contributed by atoms with Crippen LogP contribution in [-0.2, 0) is 17.8 Å². The van der Waals surface area contributed by atoms with Crippen molar-refractivity contribution in [1.82, 2.24) is 19.9 Å². The molecule has 1 saturated heterocycles. The summed E-state index contributed by atoms with van der Waals surface area (Å²) in [6, 6.07) is 16.4. The number of pyridine rings is 1. The van der Waals surface area contributed by atoms with Gasteiger partial charge in [0.05, 0.1) is 40.0 Å². The molecule has 1 atom stereocenters. The minimum atomic E-state index is -1.13. The highest BCUT2D eigenvalue weighted by Gasteiger charge is 2.28. The summed E-state index contributed by atoms with van der Waals surface area (Å²) in [5.41, 5.74) is 1.31. The van der Waals surface area contributed by atoms with E-state index in [2.05, 4.69) is 15.3 Å². The fraction of sp³-hybridized carbons (Fsp3) is 0.156. The Morgan fingerprint density at radius 3 is 2.57 bits per heavy atom. The number of nitrogens with one attached hydrogen (secondary N) is 1. The fourth-order valence-electron chi connectivity index (χ4n) is 5.20. The Bertz CT molecular complexity index is 2000. The molecule has 0 aliphatic carbocycles. The van der Waals surface area contributed by atoms with Crippen molar-refractivity contribution in [1.29, 1.82) is 5.26 Å². The van der Waals surface area contributed by atoms with Gasteiger partial charge in [0.15, 0.2) is 0 Å². The standard InChI is InChI=1S/C32H22F3N5O4/c33-23-8-17(14-36)4-5-19(23)16-44-31-3-1-2-26(39-31)22-13-24(34)20(9-25(22)35)11-29-38-27-7-6-18(32(42)43)10-28(27)40(29)21-12-30(41)37-15-21/h1-10,13,21H,11-12,15-16H2,(H,37,41)(H,42,43). The number of rotatable bonds is 8. The van der Waals surface area contributed by atoms with Gasteiger partial charge in [-0.05, 0) is 54.1 Å². The van der Waals surface area contributed by atoms with Crippen LogP contribution in [0.25, 0.3) is 22.3 Å². The summed E-state index contributed by atoms with van der Waals surface area (Å²) in [5, 5.41) is 21.1. The highest BCUT2D eigenvalue weighted by Crippen LogP contribution is 2.31. The molecule has 3 aromatic carbocycles. The van der Waals surface area contributed by atoms with Gasteiger partial charge in [0.25, 0.3) is 0 Å². The predicted octanol–water partition coefficient (Wildman–Crippen LogP) is 5.32. The summed E-state index contributed by atoms with van der Waals surface area (Å²) in [6.45, 7) is 0.0904. The Labute approximate surface area is 248 Å². The number of amides is 1. The van der Waals surface area contributed by atoms with E-state index in [1.165, 1.54) is 36.4 Å². The van der Waals surface area contributed by atoms with Gasteiger partial charge in [-0.2, -0.15) is 5.26 Å². The number of nitriles is 1. The van der Waals surface area contributed by atoms with Crippen molar-refractivity contribution in [3.8, 4) is 23.2 Å². The van der Waals surface area contributed by atoms with E-state index in [1.807, 2.05) is 6.07 Å². The first-order valence-electron chi connectivity index (χ1n) is 13.5. The molecule has 0 saturated carbocycles. The third kappa shape index (κ3) is 5.55. The van der Waals surface area contributed by atoms with Crippen LogP contribution in [0.3, 0.4) is 0 Å². The third-order valence-corrected chi connectivity index (χ3v) is 7.37. The van der Waals surface area contributed by atoms with E-state index >= 15 is 8.78 Å². The zero-order chi connectivity index (χ0) is 31.0. The molecule has 1 aliphatic rings. The number of carbonyl (C=O) groups is 2. The van der Waals surface area contributed by atoms with Crippen molar-refractivity contribution in [2.75, 3.05) is 6.54 Å². The molecule has 44 heavy (non-hydrogen) atoms. The van der Waals surface area contributed by atoms with Crippen molar-refractivity contribution in [3.63, 3.8) is 0 Å². The number of carboxylic acids is 1. The van der Waals surface area contributed by atoms with Crippen LogP contribution in [0.1, 0.15) is 45.3 Å². The molecule has 220 valence electrons. The van der Waals surface area contributed by atoms with Gasteiger partial charge >= 0.3 is 5.97 Å². The van der Waals surface area contributed by atoms with Gasteiger partial charge in [-0.25, -0.2) is 27.9 Å². The van der Waals surface area contributed by atoms with Crippen LogP contribution in [-0.4, -0.2) is 38.1 Å². The molecular formula is C32H22F3N5O4. The maximum atomic E-state index is 15.5. The van der Waals surface area contributed by atoms with Gasteiger partial charge in [0, 0.05) is 36.6 Å². The van der Waals surface area contributed by atoms with Crippen LogP contribution < -0.4 is 10.1 Å². The minimum absolute atomic E-state index is 0.00208. The van der Waals surface area contributed by atoms with E-state index in [4.69, 9.17) is 10.00 Å². The molecule has 9 nitrogen and oxygen atoms in total. The Kier molecular flexibility index (Phi) is 7.45. The van der Waals surface area contributed by atoms with Crippen LogP contribution >= 0.6 is 0 Å². The van der Waals surface area contributed by atoms with E-state index in [0.29, 0.717) is 16.9 Å². The number of hydrogen-bond donors (Lipinski definition) is 2. The molecular weight excluding hydrogens is 575 g/mol. The first kappa shape index (κ1) is 28.4. The number of imidazole rings is 1. The lowest BCUT2D eigenvalue weighted by Crippen LogP contribution is -2.17. The van der Waals surface area contributed by atoms with Crippen molar-refractivity contribution in [2.45, 2.75) is 25.5 Å². The summed E-state index contributed by atoms with van der Waals surface area (Å²) >= 11 is 0. The lowest BCUT2D eigenvalue weighted by atomic mass is 10.0. The number of carbonyl (C=O) groups excluding carboxylic acids is 1. The summed E-state index contributed by atoms with van der Waals surface area (Å²) in [6.07, 6.45) is 0.00494. The third-order valence-electron chi connectivity index (χ3n) is 7.37. The van der Waals surface area contributed by atoms with Crippen molar-refractivity contribution in [3.05, 3.63) is 112 Å². The quantitative estimate of drug-likeness (QED) is 0.248. The maximum Gasteiger partial charge on any atom is 0.335 e. The number of hydrogen-bond acceptors (Lipinski definition) is 6. The molecule has 2 aromatic heterocycles. The average molecular weight is 598 g/mol. The summed E-state index contributed by atoms with van der Waals surface area (Å²) in [7, 11) is 0. The molecule has 6 rings (SSSR count). The van der Waals surface area contributed by atoms with Crippen molar-refractivity contribution < 1.29 is 32.6 Å². The van der Waals surface area contributed by atoms with Crippen LogP contribution in [0.4, 0.5) is 13.2 Å². The monoisotopic (exact) mass is 597 g/mol. The number of benzene rings is 3. The second-order valence-electron chi connectivity index (χ2n) is 10.2. The molecule has 0 spiro atoms. The number of ether oxygens (including phenoxy) is 1. The van der Waals surface area contributed by atoms with Gasteiger partial charge in [-0.1, -0.05) is 12.1 Å². The molecule has 12 heteroatoms. The highest BCUT2D eigenvalue weighted by molar-refractivity contribution is 5.92. The molecule has 5 aromatic rings. The highest BCUT2D eigenvalue weighted by atomic mass is 19.1. The SMILES string of the molecule is N#Cc1ccc(COc2cccc(-c3cc(F)c(Cc4nc5ccc(C(=O)O)cc5n4C4CNC(=O)C4)cc3F)n2)c(F)c1. The lowest BCUT2D eigenvalue weighted by molar-refractivity contribution is -0.119. The topological polar surface area (TPSA) is 130 Å². The molecule has 1 amide bonds. The first-order chi connectivity index (χ1) is 21.2. The van der Waals surface area contributed by atoms with E-state index in [9.17, 15) is 19.1 Å². The van der Waals surface area contributed by atoms with Gasteiger partial charge in [0.2, 0.25) is 11.8 Å². The predicted molar refractivity (Wildman–Crippen MR) is 151 cm³/mol. The van der Waals surface area contributed by atoms with E-state index in [0.717, 1.165) is 18.2 Å². The summed E-state index contributed by atoms with van der Waals surface area (Å²) in [4.78, 5) is 32.4. The molecule has 0 radical (unpaired) electrons. The first-order valence-corrected chi connectivity index (χ1v) is 13.5. The lowest BCUT2D eigenvalue weighted by Gasteiger charge is -2.16. The second kappa shape index (κ2) is 11.5. The van der Waals surface area contributed by atoms with Gasteiger partial charge < -0.3 is 19.7 Å². The van der Waals surface area contributed by atoms with Gasteiger partial charge in [0.1, 0.15) is 29.9 Å². The van der Waals surface area contributed by atoms with Crippen LogP contribution in [0.5, 0.6) is 5.88 Å². The number of fused-ring (bicyclic) bond motifs is 1. The number of nitrogens with zero attached hydrogens (tertiary/aromatic N) is 4. The van der Waals surface area contributed by atoms with Crippen molar-refractivity contribution >= 4 is 22.9 Å². The Hall–Kier alpha value is -5.70. The normalized spacial score (nSPS) is 14.4. The molecule has 0 bridgehead atoms. The molecule has 1 unspecified atom stereocenters. The molecule has 1 fully saturated rings. The minimum Gasteiger partial charge on any atom is -0.478 e. The molecule has 1 aliphatic heterocycles. The Morgan fingerprint density at radius 1 is 1.02 bits per heavy atom. The maximum absolute atomic E-state index is 15.5. The van der Waals surface area contributed by atoms with E-state index in [1.54, 1.807) is 16.7 Å². The van der Waals surface area contributed by atoms with Crippen LogP contribution in [0.15, 0.2) is 66.7 Å². The Morgan fingerprint density at radius 2 is 1.84 bits per heavy atom. The zero-order valence-corrected chi connectivity index (χ0v) is 22.9. The molecule has 2 N–H and O–H groups in total. The van der Waals surface area contributed by atoms with Crippen molar-refractivity contribution in [2.24, 2.45) is 0 Å². The Balaban J connectivity index is 1.28. The molecule has 3 heterocycles. The number of aromatic nitrogens is 3. The fourth-order valence-corrected chi connectivity index (χ4v) is 5.20. The van der Waals surface area contributed by atoms with Gasteiger partial charge in [-0.3, -0.25) is 4.79 Å². The van der Waals surface area contributed by atoms with Crippen LogP contribution in [0, 0.1) is 28.8 Å². The van der Waals surface area contributed by atoms with Gasteiger partial charge in [-0.15, -0.1) is 0 Å². The smallest absolute Gasteiger partial charge is 0.335 e. The summed E-state index contributed by atoms with van der Waals surface area (Å²) in [5.74, 6) is -2.99.